The number of aryl methyl sites for hydroxylation is 1. The Hall–Kier alpha value is -4.29. The lowest BCUT2D eigenvalue weighted by Crippen LogP contribution is -2.54. The van der Waals surface area contributed by atoms with E-state index in [1.54, 1.807) is 20.1 Å². The molecule has 256 valence electrons. The first kappa shape index (κ1) is 35.0. The van der Waals surface area contributed by atoms with Crippen molar-refractivity contribution in [3.8, 4) is 22.2 Å². The number of aliphatic carboxylic acids is 1. The highest BCUT2D eigenvalue weighted by Gasteiger charge is 2.61. The first-order valence-corrected chi connectivity index (χ1v) is 17.1. The average molecular weight is 677 g/mol. The molecule has 3 aromatic rings. The summed E-state index contributed by atoms with van der Waals surface area (Å²) in [5.41, 5.74) is 1.70. The molecule has 2 aromatic heterocycles. The van der Waals surface area contributed by atoms with E-state index in [0.717, 1.165) is 28.1 Å². The molecule has 1 saturated heterocycles. The molecular weight excluding hydrogens is 632 g/mol. The van der Waals surface area contributed by atoms with E-state index in [1.165, 1.54) is 22.3 Å². The molecule has 2 N–H and O–H groups in total. The molecule has 0 spiro atoms. The maximum atomic E-state index is 13.8. The van der Waals surface area contributed by atoms with Crippen molar-refractivity contribution in [1.82, 2.24) is 20.2 Å². The largest absolute Gasteiger partial charge is 0.496 e. The quantitative estimate of drug-likeness (QED) is 0.154. The number of amides is 2. The Morgan fingerprint density at radius 3 is 2.60 bits per heavy atom. The van der Waals surface area contributed by atoms with E-state index in [1.807, 2.05) is 30.5 Å². The molecule has 5 rings (SSSR count). The van der Waals surface area contributed by atoms with Crippen LogP contribution in [-0.4, -0.2) is 81.8 Å². The predicted molar refractivity (Wildman–Crippen MR) is 184 cm³/mol. The third-order valence-corrected chi connectivity index (χ3v) is 10.0. The molecule has 48 heavy (non-hydrogen) atoms. The van der Waals surface area contributed by atoms with Crippen LogP contribution in [0.2, 0.25) is 0 Å². The zero-order valence-corrected chi connectivity index (χ0v) is 29.0. The van der Waals surface area contributed by atoms with Gasteiger partial charge in [0, 0.05) is 41.3 Å². The van der Waals surface area contributed by atoms with Gasteiger partial charge in [-0.3, -0.25) is 9.59 Å². The summed E-state index contributed by atoms with van der Waals surface area (Å²) >= 11 is 1.50. The molecule has 0 radical (unpaired) electrons. The van der Waals surface area contributed by atoms with Crippen molar-refractivity contribution in [3.05, 3.63) is 60.1 Å². The van der Waals surface area contributed by atoms with Crippen LogP contribution in [0.4, 0.5) is 0 Å². The number of hydrogen-bond donors (Lipinski definition) is 2. The van der Waals surface area contributed by atoms with Gasteiger partial charge in [-0.15, -0.1) is 24.5 Å². The fourth-order valence-corrected chi connectivity index (χ4v) is 7.08. The lowest BCUT2D eigenvalue weighted by molar-refractivity contribution is -0.149. The van der Waals surface area contributed by atoms with Crippen LogP contribution in [0, 0.1) is 12.8 Å². The molecule has 0 unspecified atom stereocenters. The number of carbonyl (C=O) groups excluding carboxylic acids is 2. The number of allylic oxidation sites excluding steroid dienone is 1. The Bertz CT molecular complexity index is 1720. The molecule has 2 aliphatic rings. The second-order valence-corrected chi connectivity index (χ2v) is 13.6. The van der Waals surface area contributed by atoms with E-state index in [9.17, 15) is 19.5 Å². The van der Waals surface area contributed by atoms with Gasteiger partial charge in [-0.25, -0.2) is 14.8 Å². The maximum Gasteiger partial charge on any atom is 0.330 e. The van der Waals surface area contributed by atoms with Crippen molar-refractivity contribution in [3.63, 3.8) is 0 Å². The standard InChI is InChI=1S/C36H44N4O7S/c1-8-10-11-14-46-22(6)34(42)40-18-24(15-28(40)32(41)39-36(35(43)44)17-23(36)9-2)47-30-16-26(33-38-27(19-48-33)20(3)4)37-31-21(5)29(45-7)13-12-25(30)31/h8-9,12-13,16,19-20,22-24,28H,1-2,10-11,14-15,17-18H2,3-7H3,(H,39,41)(H,43,44)/t22-,23-,24-,28+,36-/m1/s1. The minimum Gasteiger partial charge on any atom is -0.496 e. The van der Waals surface area contributed by atoms with E-state index in [-0.39, 0.29) is 31.2 Å². The smallest absolute Gasteiger partial charge is 0.330 e. The minimum absolute atomic E-state index is 0.102. The molecule has 2 amide bonds. The van der Waals surface area contributed by atoms with Crippen molar-refractivity contribution in [2.24, 2.45) is 5.92 Å². The number of carbonyl (C=O) groups is 3. The summed E-state index contributed by atoms with van der Waals surface area (Å²) in [6.07, 6.45) is 3.77. The number of rotatable bonds is 15. The van der Waals surface area contributed by atoms with Gasteiger partial charge in [0.25, 0.3) is 5.91 Å². The van der Waals surface area contributed by atoms with Crippen LogP contribution in [0.25, 0.3) is 21.6 Å². The van der Waals surface area contributed by atoms with Gasteiger partial charge in [-0.1, -0.05) is 26.0 Å². The Balaban J connectivity index is 1.47. The number of benzene rings is 1. The maximum absolute atomic E-state index is 13.8. The molecule has 3 heterocycles. The predicted octanol–water partition coefficient (Wildman–Crippen LogP) is 5.66. The number of likely N-dealkylation sites (tertiary alicyclic amines) is 1. The average Bonchev–Trinajstić information content (AvgIpc) is 3.36. The second kappa shape index (κ2) is 14.4. The molecule has 1 aromatic carbocycles. The Morgan fingerprint density at radius 1 is 1.21 bits per heavy atom. The van der Waals surface area contributed by atoms with Gasteiger partial charge in [0.05, 0.1) is 24.9 Å². The second-order valence-electron chi connectivity index (χ2n) is 12.8. The summed E-state index contributed by atoms with van der Waals surface area (Å²) < 4.78 is 18.1. The van der Waals surface area contributed by atoms with E-state index in [4.69, 9.17) is 24.2 Å². The Labute approximate surface area is 285 Å². The van der Waals surface area contributed by atoms with Gasteiger partial charge < -0.3 is 29.5 Å². The number of carboxylic acid groups (broad SMARTS) is 1. The first-order valence-electron chi connectivity index (χ1n) is 16.3. The first-order chi connectivity index (χ1) is 22.9. The van der Waals surface area contributed by atoms with Gasteiger partial charge >= 0.3 is 5.97 Å². The molecule has 2 fully saturated rings. The monoisotopic (exact) mass is 676 g/mol. The van der Waals surface area contributed by atoms with E-state index >= 15 is 0 Å². The number of thiazole rings is 1. The Kier molecular flexibility index (Phi) is 10.5. The number of aromatic nitrogens is 2. The van der Waals surface area contributed by atoms with Gasteiger partial charge in [0.1, 0.15) is 46.0 Å². The van der Waals surface area contributed by atoms with Crippen LogP contribution in [0.1, 0.15) is 63.6 Å². The highest BCUT2D eigenvalue weighted by Crippen LogP contribution is 2.45. The van der Waals surface area contributed by atoms with Crippen molar-refractivity contribution < 1.29 is 33.7 Å². The van der Waals surface area contributed by atoms with E-state index in [0.29, 0.717) is 35.7 Å². The summed E-state index contributed by atoms with van der Waals surface area (Å²) in [5.74, 6) is -0.980. The normalized spacial score (nSPS) is 22.4. The number of pyridine rings is 1. The molecular formula is C36H44N4O7S. The fraction of sp³-hybridized carbons (Fsp3) is 0.472. The summed E-state index contributed by atoms with van der Waals surface area (Å²) in [6, 6.07) is 4.62. The summed E-state index contributed by atoms with van der Waals surface area (Å²) in [6.45, 7) is 15.7. The van der Waals surface area contributed by atoms with Crippen molar-refractivity contribution >= 4 is 40.0 Å². The Morgan fingerprint density at radius 2 is 1.98 bits per heavy atom. The number of nitrogens with zero attached hydrogens (tertiary/aromatic N) is 3. The van der Waals surface area contributed by atoms with Crippen molar-refractivity contribution in [2.75, 3.05) is 20.3 Å². The molecule has 1 aliphatic carbocycles. The minimum atomic E-state index is -1.44. The van der Waals surface area contributed by atoms with Crippen LogP contribution in [0.3, 0.4) is 0 Å². The van der Waals surface area contributed by atoms with Gasteiger partial charge in [-0.05, 0) is 51.2 Å². The SMILES string of the molecule is C=CCCCO[C@H](C)C(=O)N1C[C@H](Oc2cc(-c3nc(C(C)C)cs3)nc3c(C)c(OC)ccc23)C[C@H]1C(=O)N[C@]1(C(=O)O)C[C@H]1C=C. The molecule has 1 aliphatic heterocycles. The number of ether oxygens (including phenoxy) is 3. The third-order valence-electron chi connectivity index (χ3n) is 9.14. The van der Waals surface area contributed by atoms with Gasteiger partial charge in [0.2, 0.25) is 5.91 Å². The molecule has 5 atom stereocenters. The van der Waals surface area contributed by atoms with E-state index in [2.05, 4.69) is 32.3 Å². The van der Waals surface area contributed by atoms with Crippen molar-refractivity contribution in [1.29, 1.82) is 0 Å². The number of methoxy groups -OCH3 is 1. The van der Waals surface area contributed by atoms with Crippen molar-refractivity contribution in [2.45, 2.75) is 83.1 Å². The van der Waals surface area contributed by atoms with Crippen LogP contribution < -0.4 is 14.8 Å². The fourth-order valence-electron chi connectivity index (χ4n) is 6.14. The van der Waals surface area contributed by atoms with Crippen LogP contribution in [-0.2, 0) is 19.1 Å². The molecule has 0 bridgehead atoms. The number of fused-ring (bicyclic) bond motifs is 1. The molecule has 1 saturated carbocycles. The number of unbranched alkanes of at least 4 members (excludes halogenated alkanes) is 1. The zero-order chi connectivity index (χ0) is 34.7. The number of hydrogen-bond acceptors (Lipinski definition) is 9. The lowest BCUT2D eigenvalue weighted by Gasteiger charge is -2.27. The third kappa shape index (κ3) is 6.95. The van der Waals surface area contributed by atoms with Gasteiger partial charge in [-0.2, -0.15) is 0 Å². The molecule has 12 heteroatoms. The highest BCUT2D eigenvalue weighted by atomic mass is 32.1. The lowest BCUT2D eigenvalue weighted by atomic mass is 10.1. The highest BCUT2D eigenvalue weighted by molar-refractivity contribution is 7.13. The van der Waals surface area contributed by atoms with Crippen LogP contribution >= 0.6 is 11.3 Å². The summed E-state index contributed by atoms with van der Waals surface area (Å²) in [5, 5.41) is 16.2. The molecule has 11 nitrogen and oxygen atoms in total. The van der Waals surface area contributed by atoms with E-state index < -0.39 is 41.6 Å². The van der Waals surface area contributed by atoms with Gasteiger partial charge in [0.15, 0.2) is 0 Å². The summed E-state index contributed by atoms with van der Waals surface area (Å²) in [4.78, 5) is 51.0. The topological polar surface area (TPSA) is 140 Å². The zero-order valence-electron chi connectivity index (χ0n) is 28.2. The van der Waals surface area contributed by atoms with Crippen LogP contribution in [0.15, 0.2) is 48.9 Å². The summed E-state index contributed by atoms with van der Waals surface area (Å²) in [7, 11) is 1.61. The number of nitrogens with one attached hydrogen (secondary N) is 1. The van der Waals surface area contributed by atoms with Crippen LogP contribution in [0.5, 0.6) is 11.5 Å². The number of carboxylic acids is 1.